The summed E-state index contributed by atoms with van der Waals surface area (Å²) in [5.74, 6) is -0.420. The largest absolute Gasteiger partial charge is 0.462 e. The van der Waals surface area contributed by atoms with Crippen LogP contribution in [0.3, 0.4) is 0 Å². The summed E-state index contributed by atoms with van der Waals surface area (Å²) in [6, 6.07) is 1.84. The summed E-state index contributed by atoms with van der Waals surface area (Å²) < 4.78 is 4.71. The van der Waals surface area contributed by atoms with Crippen molar-refractivity contribution in [3.05, 3.63) is 16.1 Å². The highest BCUT2D eigenvalue weighted by Crippen LogP contribution is 2.12. The number of aromatic nitrogens is 1. The molecular formula is C7H6N2O2S. The highest BCUT2D eigenvalue weighted by atomic mass is 32.1. The van der Waals surface area contributed by atoms with Crippen LogP contribution in [0.2, 0.25) is 0 Å². The normalized spacial score (nSPS) is 9.00. The molecule has 0 spiro atoms. The molecule has 1 heterocycles. The van der Waals surface area contributed by atoms with Crippen molar-refractivity contribution in [1.82, 2.24) is 4.98 Å². The molecule has 0 bridgehead atoms. The minimum absolute atomic E-state index is 0.276. The van der Waals surface area contributed by atoms with E-state index >= 15 is 0 Å². The number of nitriles is 1. The Bertz CT molecular complexity index is 326. The Hall–Kier alpha value is -1.41. The van der Waals surface area contributed by atoms with Crippen LogP contribution < -0.4 is 0 Å². The third-order valence-corrected chi connectivity index (χ3v) is 1.96. The molecule has 0 amide bonds. The molecule has 0 saturated carbocycles. The fraction of sp³-hybridized carbons (Fsp3) is 0.286. The van der Waals surface area contributed by atoms with E-state index < -0.39 is 5.97 Å². The Morgan fingerprint density at radius 2 is 2.67 bits per heavy atom. The van der Waals surface area contributed by atoms with Gasteiger partial charge >= 0.3 is 5.97 Å². The Morgan fingerprint density at radius 1 is 1.92 bits per heavy atom. The Labute approximate surface area is 73.4 Å². The van der Waals surface area contributed by atoms with Gasteiger partial charge in [0.1, 0.15) is 10.9 Å². The summed E-state index contributed by atoms with van der Waals surface area (Å²) in [7, 11) is 0. The second-order valence-corrected chi connectivity index (χ2v) is 2.89. The maximum atomic E-state index is 11.0. The van der Waals surface area contributed by atoms with Gasteiger partial charge in [0.05, 0.1) is 12.8 Å². The fourth-order valence-electron chi connectivity index (χ4n) is 0.622. The number of esters is 1. The minimum Gasteiger partial charge on any atom is -0.462 e. The van der Waals surface area contributed by atoms with Gasteiger partial charge in [-0.2, -0.15) is 5.26 Å². The first-order valence-corrected chi connectivity index (χ1v) is 4.12. The zero-order valence-electron chi connectivity index (χ0n) is 6.40. The van der Waals surface area contributed by atoms with Crippen molar-refractivity contribution < 1.29 is 9.53 Å². The molecule has 0 saturated heterocycles. The molecule has 0 unspecified atom stereocenters. The zero-order valence-corrected chi connectivity index (χ0v) is 7.22. The predicted octanol–water partition coefficient (Wildman–Crippen LogP) is 1.19. The van der Waals surface area contributed by atoms with Crippen molar-refractivity contribution in [2.24, 2.45) is 0 Å². The summed E-state index contributed by atoms with van der Waals surface area (Å²) in [6.07, 6.45) is 1.35. The van der Waals surface area contributed by atoms with E-state index in [2.05, 4.69) is 4.98 Å². The van der Waals surface area contributed by atoms with E-state index in [-0.39, 0.29) is 5.01 Å². The Morgan fingerprint density at radius 3 is 3.17 bits per heavy atom. The van der Waals surface area contributed by atoms with Crippen LogP contribution in [0.1, 0.15) is 21.6 Å². The maximum absolute atomic E-state index is 11.0. The topological polar surface area (TPSA) is 63.0 Å². The highest BCUT2D eigenvalue weighted by molar-refractivity contribution is 7.14. The van der Waals surface area contributed by atoms with Crippen molar-refractivity contribution in [3.63, 3.8) is 0 Å². The smallest absolute Gasteiger partial charge is 0.349 e. The molecule has 0 radical (unpaired) electrons. The lowest BCUT2D eigenvalue weighted by Gasteiger charge is -1.95. The van der Waals surface area contributed by atoms with Gasteiger partial charge in [-0.15, -0.1) is 0 Å². The van der Waals surface area contributed by atoms with Gasteiger partial charge < -0.3 is 4.74 Å². The summed E-state index contributed by atoms with van der Waals surface area (Å²) in [5.41, 5.74) is 0. The van der Waals surface area contributed by atoms with Crippen LogP contribution in [0.15, 0.2) is 6.20 Å². The van der Waals surface area contributed by atoms with E-state index in [4.69, 9.17) is 10.00 Å². The molecule has 0 aromatic carbocycles. The lowest BCUT2D eigenvalue weighted by Crippen LogP contribution is -2.01. The van der Waals surface area contributed by atoms with E-state index in [0.717, 1.165) is 11.3 Å². The van der Waals surface area contributed by atoms with Crippen LogP contribution in [0.5, 0.6) is 0 Å². The van der Waals surface area contributed by atoms with Gasteiger partial charge in [0, 0.05) is 0 Å². The van der Waals surface area contributed by atoms with Gasteiger partial charge in [-0.1, -0.05) is 11.3 Å². The third kappa shape index (κ3) is 1.80. The van der Waals surface area contributed by atoms with E-state index in [1.54, 1.807) is 6.92 Å². The first-order chi connectivity index (χ1) is 5.77. The van der Waals surface area contributed by atoms with Crippen molar-refractivity contribution in [1.29, 1.82) is 5.26 Å². The maximum Gasteiger partial charge on any atom is 0.349 e. The number of carbonyl (C=O) groups excluding carboxylic acids is 1. The molecule has 1 aromatic rings. The van der Waals surface area contributed by atoms with Crippen LogP contribution in [-0.2, 0) is 4.74 Å². The SMILES string of the molecule is CCOC(=O)c1cnc(C#N)s1. The van der Waals surface area contributed by atoms with Gasteiger partial charge in [-0.25, -0.2) is 9.78 Å². The van der Waals surface area contributed by atoms with Crippen LogP contribution in [-0.4, -0.2) is 17.6 Å². The van der Waals surface area contributed by atoms with Gasteiger partial charge in [0.2, 0.25) is 0 Å². The van der Waals surface area contributed by atoms with Crippen molar-refractivity contribution in [3.8, 4) is 6.07 Å². The molecule has 12 heavy (non-hydrogen) atoms. The molecule has 62 valence electrons. The molecule has 0 aliphatic rings. The number of carbonyl (C=O) groups is 1. The summed E-state index contributed by atoms with van der Waals surface area (Å²) in [5, 5.41) is 8.68. The number of rotatable bonds is 2. The van der Waals surface area contributed by atoms with E-state index in [0.29, 0.717) is 11.5 Å². The molecule has 1 rings (SSSR count). The van der Waals surface area contributed by atoms with E-state index in [1.807, 2.05) is 6.07 Å². The third-order valence-electron chi connectivity index (χ3n) is 1.08. The van der Waals surface area contributed by atoms with Gasteiger partial charge in [0.25, 0.3) is 0 Å². The second kappa shape index (κ2) is 3.83. The van der Waals surface area contributed by atoms with Gasteiger partial charge in [-0.3, -0.25) is 0 Å². The number of hydrogen-bond donors (Lipinski definition) is 0. The fourth-order valence-corrected chi connectivity index (χ4v) is 1.23. The molecular weight excluding hydrogens is 176 g/mol. The number of hydrogen-bond acceptors (Lipinski definition) is 5. The van der Waals surface area contributed by atoms with Crippen LogP contribution >= 0.6 is 11.3 Å². The minimum atomic E-state index is -0.420. The Balaban J connectivity index is 2.76. The van der Waals surface area contributed by atoms with Gasteiger partial charge in [-0.05, 0) is 6.92 Å². The second-order valence-electron chi connectivity index (χ2n) is 1.86. The quantitative estimate of drug-likeness (QED) is 0.644. The molecule has 0 aliphatic carbocycles. The molecule has 0 fully saturated rings. The molecule has 0 aliphatic heterocycles. The lowest BCUT2D eigenvalue weighted by molar-refractivity contribution is 0.0532. The molecule has 0 atom stereocenters. The van der Waals surface area contributed by atoms with Crippen molar-refractivity contribution in [2.75, 3.05) is 6.61 Å². The molecule has 1 aromatic heterocycles. The highest BCUT2D eigenvalue weighted by Gasteiger charge is 2.10. The van der Waals surface area contributed by atoms with Crippen LogP contribution in [0.4, 0.5) is 0 Å². The number of ether oxygens (including phenoxy) is 1. The zero-order chi connectivity index (χ0) is 8.97. The van der Waals surface area contributed by atoms with Crippen molar-refractivity contribution >= 4 is 17.3 Å². The predicted molar refractivity (Wildman–Crippen MR) is 42.8 cm³/mol. The summed E-state index contributed by atoms with van der Waals surface area (Å²) in [4.78, 5) is 15.1. The lowest BCUT2D eigenvalue weighted by atomic mass is 10.6. The average molecular weight is 182 g/mol. The summed E-state index contributed by atoms with van der Waals surface area (Å²) >= 11 is 1.03. The molecule has 4 nitrogen and oxygen atoms in total. The van der Waals surface area contributed by atoms with Crippen molar-refractivity contribution in [2.45, 2.75) is 6.92 Å². The van der Waals surface area contributed by atoms with E-state index in [9.17, 15) is 4.79 Å². The summed E-state index contributed by atoms with van der Waals surface area (Å²) in [6.45, 7) is 2.06. The average Bonchev–Trinajstić information content (AvgIpc) is 2.52. The van der Waals surface area contributed by atoms with Crippen LogP contribution in [0.25, 0.3) is 0 Å². The number of thiazole rings is 1. The first kappa shape index (κ1) is 8.68. The monoisotopic (exact) mass is 182 g/mol. The van der Waals surface area contributed by atoms with E-state index in [1.165, 1.54) is 6.20 Å². The number of nitrogens with zero attached hydrogens (tertiary/aromatic N) is 2. The first-order valence-electron chi connectivity index (χ1n) is 3.31. The van der Waals surface area contributed by atoms with Gasteiger partial charge in [0.15, 0.2) is 5.01 Å². The standard InChI is InChI=1S/C7H6N2O2S/c1-2-11-7(10)5-4-9-6(3-8)12-5/h4H,2H2,1H3. The van der Waals surface area contributed by atoms with Crippen LogP contribution in [0, 0.1) is 11.3 Å². The molecule has 0 N–H and O–H groups in total. The molecule has 5 heteroatoms. The Kier molecular flexibility index (Phi) is 2.77.